The summed E-state index contributed by atoms with van der Waals surface area (Å²) < 4.78 is 0. The zero-order valence-electron chi connectivity index (χ0n) is 12.0. The Labute approximate surface area is 115 Å². The van der Waals surface area contributed by atoms with E-state index >= 15 is 0 Å². The first kappa shape index (κ1) is 13.6. The highest BCUT2D eigenvalue weighted by Crippen LogP contribution is 2.28. The molecule has 0 saturated carbocycles. The summed E-state index contributed by atoms with van der Waals surface area (Å²) in [5.74, 6) is 0. The number of hydrogen-bond donors (Lipinski definition) is 1. The van der Waals surface area contributed by atoms with Crippen LogP contribution in [-0.4, -0.2) is 19.2 Å². The van der Waals surface area contributed by atoms with Gasteiger partial charge in [0.1, 0.15) is 6.10 Å². The maximum atomic E-state index is 10.6. The first-order chi connectivity index (χ1) is 9.00. The quantitative estimate of drug-likeness (QED) is 0.908. The lowest BCUT2D eigenvalue weighted by atomic mass is 9.94. The minimum Gasteiger partial charge on any atom is -0.384 e. The number of aliphatic hydroxyl groups is 1. The Hall–Kier alpha value is -1.80. The Kier molecular flexibility index (Phi) is 3.91. The Bertz CT molecular complexity index is 575. The summed E-state index contributed by atoms with van der Waals surface area (Å²) in [6.07, 6.45) is -0.570. The Balaban J connectivity index is 2.41. The predicted molar refractivity (Wildman–Crippen MR) is 80.7 cm³/mol. The van der Waals surface area contributed by atoms with Crippen LogP contribution in [0.1, 0.15) is 28.4 Å². The molecule has 1 N–H and O–H groups in total. The molecule has 0 saturated heterocycles. The SMILES string of the molecule is Cc1cccc(C(O)c2cccc(N(C)C)c2)c1C. The van der Waals surface area contributed by atoms with Crippen LogP contribution in [0.25, 0.3) is 0 Å². The molecule has 0 bridgehead atoms. The zero-order valence-corrected chi connectivity index (χ0v) is 12.0. The van der Waals surface area contributed by atoms with E-state index in [1.54, 1.807) is 0 Å². The fourth-order valence-electron chi connectivity index (χ4n) is 2.22. The van der Waals surface area contributed by atoms with Crippen LogP contribution in [-0.2, 0) is 0 Å². The van der Waals surface area contributed by atoms with Gasteiger partial charge in [-0.2, -0.15) is 0 Å². The maximum Gasteiger partial charge on any atom is 0.104 e. The third kappa shape index (κ3) is 2.79. The van der Waals surface area contributed by atoms with E-state index in [2.05, 4.69) is 19.9 Å². The number of anilines is 1. The van der Waals surface area contributed by atoms with Crippen molar-refractivity contribution in [2.45, 2.75) is 20.0 Å². The summed E-state index contributed by atoms with van der Waals surface area (Å²) in [4.78, 5) is 2.04. The third-order valence-electron chi connectivity index (χ3n) is 3.64. The van der Waals surface area contributed by atoms with Gasteiger partial charge in [-0.3, -0.25) is 0 Å². The van der Waals surface area contributed by atoms with Gasteiger partial charge in [0.15, 0.2) is 0 Å². The minimum absolute atomic E-state index is 0.570. The van der Waals surface area contributed by atoms with Gasteiger partial charge in [-0.15, -0.1) is 0 Å². The number of rotatable bonds is 3. The van der Waals surface area contributed by atoms with Crippen molar-refractivity contribution >= 4 is 5.69 Å². The molecule has 1 atom stereocenters. The molecule has 0 fully saturated rings. The van der Waals surface area contributed by atoms with Gasteiger partial charge in [0.25, 0.3) is 0 Å². The van der Waals surface area contributed by atoms with Crippen molar-refractivity contribution in [2.24, 2.45) is 0 Å². The molecule has 0 aliphatic carbocycles. The van der Waals surface area contributed by atoms with E-state index in [9.17, 15) is 5.11 Å². The Morgan fingerprint density at radius 1 is 1.00 bits per heavy atom. The average molecular weight is 255 g/mol. The number of nitrogens with zero attached hydrogens (tertiary/aromatic N) is 1. The lowest BCUT2D eigenvalue weighted by Crippen LogP contribution is -2.10. The van der Waals surface area contributed by atoms with E-state index in [4.69, 9.17) is 0 Å². The molecule has 100 valence electrons. The topological polar surface area (TPSA) is 23.5 Å². The van der Waals surface area contributed by atoms with Crippen LogP contribution in [0.4, 0.5) is 5.69 Å². The number of aliphatic hydroxyl groups excluding tert-OH is 1. The summed E-state index contributed by atoms with van der Waals surface area (Å²) in [6.45, 7) is 4.13. The van der Waals surface area contributed by atoms with Crippen LogP contribution in [0.3, 0.4) is 0 Å². The van der Waals surface area contributed by atoms with E-state index in [0.717, 1.165) is 22.4 Å². The van der Waals surface area contributed by atoms with Crippen molar-refractivity contribution in [1.29, 1.82) is 0 Å². The summed E-state index contributed by atoms with van der Waals surface area (Å²) in [5.41, 5.74) is 5.38. The third-order valence-corrected chi connectivity index (χ3v) is 3.64. The van der Waals surface area contributed by atoms with Crippen LogP contribution in [0.15, 0.2) is 42.5 Å². The summed E-state index contributed by atoms with van der Waals surface area (Å²) in [5, 5.41) is 10.6. The Morgan fingerprint density at radius 3 is 2.37 bits per heavy atom. The average Bonchev–Trinajstić information content (AvgIpc) is 2.41. The lowest BCUT2D eigenvalue weighted by Gasteiger charge is -2.18. The smallest absolute Gasteiger partial charge is 0.104 e. The summed E-state index contributed by atoms with van der Waals surface area (Å²) in [6, 6.07) is 14.1. The maximum absolute atomic E-state index is 10.6. The predicted octanol–water partition coefficient (Wildman–Crippen LogP) is 3.45. The standard InChI is InChI=1S/C17H21NO/c1-12-7-5-10-16(13(12)2)17(19)14-8-6-9-15(11-14)18(3)4/h5-11,17,19H,1-4H3. The molecule has 0 radical (unpaired) electrons. The molecule has 19 heavy (non-hydrogen) atoms. The van der Waals surface area contributed by atoms with E-state index in [1.165, 1.54) is 5.56 Å². The number of hydrogen-bond acceptors (Lipinski definition) is 2. The molecule has 2 nitrogen and oxygen atoms in total. The molecule has 0 aliphatic rings. The van der Waals surface area contributed by atoms with Crippen molar-refractivity contribution in [3.05, 3.63) is 64.7 Å². The van der Waals surface area contributed by atoms with Crippen LogP contribution in [0, 0.1) is 13.8 Å². The van der Waals surface area contributed by atoms with Crippen LogP contribution in [0.5, 0.6) is 0 Å². The van der Waals surface area contributed by atoms with Crippen LogP contribution >= 0.6 is 0 Å². The monoisotopic (exact) mass is 255 g/mol. The first-order valence-electron chi connectivity index (χ1n) is 6.52. The van der Waals surface area contributed by atoms with E-state index in [1.807, 2.05) is 55.4 Å². The molecule has 2 aromatic rings. The van der Waals surface area contributed by atoms with E-state index in [0.29, 0.717) is 0 Å². The number of benzene rings is 2. The molecular formula is C17H21NO. The molecule has 2 aromatic carbocycles. The minimum atomic E-state index is -0.570. The van der Waals surface area contributed by atoms with Gasteiger partial charge < -0.3 is 10.0 Å². The van der Waals surface area contributed by atoms with Crippen molar-refractivity contribution in [1.82, 2.24) is 0 Å². The summed E-state index contributed by atoms with van der Waals surface area (Å²) in [7, 11) is 4.01. The molecule has 2 heteroatoms. The normalized spacial score (nSPS) is 12.3. The van der Waals surface area contributed by atoms with Gasteiger partial charge in [0.2, 0.25) is 0 Å². The number of aryl methyl sites for hydroxylation is 1. The van der Waals surface area contributed by atoms with Gasteiger partial charge >= 0.3 is 0 Å². The molecule has 0 spiro atoms. The molecule has 0 amide bonds. The van der Waals surface area contributed by atoms with Crippen LogP contribution in [0.2, 0.25) is 0 Å². The highest BCUT2D eigenvalue weighted by Gasteiger charge is 2.14. The fourth-order valence-corrected chi connectivity index (χ4v) is 2.22. The van der Waals surface area contributed by atoms with Gasteiger partial charge in [0, 0.05) is 19.8 Å². The van der Waals surface area contributed by atoms with E-state index in [-0.39, 0.29) is 0 Å². The second-order valence-electron chi connectivity index (χ2n) is 5.18. The highest BCUT2D eigenvalue weighted by atomic mass is 16.3. The van der Waals surface area contributed by atoms with Crippen molar-refractivity contribution < 1.29 is 5.11 Å². The molecule has 1 unspecified atom stereocenters. The van der Waals surface area contributed by atoms with Gasteiger partial charge in [-0.25, -0.2) is 0 Å². The second-order valence-corrected chi connectivity index (χ2v) is 5.18. The van der Waals surface area contributed by atoms with Crippen LogP contribution < -0.4 is 4.90 Å². The largest absolute Gasteiger partial charge is 0.384 e. The molecule has 2 rings (SSSR count). The van der Waals surface area contributed by atoms with Crippen molar-refractivity contribution in [3.63, 3.8) is 0 Å². The first-order valence-corrected chi connectivity index (χ1v) is 6.52. The lowest BCUT2D eigenvalue weighted by molar-refractivity contribution is 0.219. The zero-order chi connectivity index (χ0) is 14.0. The van der Waals surface area contributed by atoms with Gasteiger partial charge in [0.05, 0.1) is 0 Å². The highest BCUT2D eigenvalue weighted by molar-refractivity contribution is 5.49. The summed E-state index contributed by atoms with van der Waals surface area (Å²) >= 11 is 0. The molecule has 0 aromatic heterocycles. The Morgan fingerprint density at radius 2 is 1.68 bits per heavy atom. The van der Waals surface area contributed by atoms with Gasteiger partial charge in [-0.1, -0.05) is 30.3 Å². The van der Waals surface area contributed by atoms with Crippen molar-refractivity contribution in [3.8, 4) is 0 Å². The molecular weight excluding hydrogens is 234 g/mol. The van der Waals surface area contributed by atoms with Gasteiger partial charge in [-0.05, 0) is 48.2 Å². The van der Waals surface area contributed by atoms with Crippen molar-refractivity contribution in [2.75, 3.05) is 19.0 Å². The molecule has 0 aliphatic heterocycles. The van der Waals surface area contributed by atoms with E-state index < -0.39 is 6.10 Å². The fraction of sp³-hybridized carbons (Fsp3) is 0.294. The molecule has 0 heterocycles. The second kappa shape index (κ2) is 5.45.